The number of aliphatic carboxylic acids is 1. The van der Waals surface area contributed by atoms with Crippen molar-refractivity contribution in [2.45, 2.75) is 38.4 Å². The first kappa shape index (κ1) is 26.7. The molecule has 3 aromatic rings. The van der Waals surface area contributed by atoms with Crippen LogP contribution in [0, 0.1) is 5.92 Å². The molecule has 1 aliphatic carbocycles. The number of nitrogens with one attached hydrogen (secondary N) is 2. The fraction of sp³-hybridized carbons (Fsp3) is 0.300. The quantitative estimate of drug-likeness (QED) is 0.325. The Hall–Kier alpha value is -4.33. The van der Waals surface area contributed by atoms with Gasteiger partial charge in [-0.15, -0.1) is 0 Å². The van der Waals surface area contributed by atoms with Crippen molar-refractivity contribution in [2.24, 2.45) is 5.92 Å². The van der Waals surface area contributed by atoms with E-state index < -0.39 is 5.97 Å². The number of rotatable bonds is 11. The van der Waals surface area contributed by atoms with Gasteiger partial charge in [-0.1, -0.05) is 30.3 Å². The maximum Gasteiger partial charge on any atom is 0.306 e. The standard InChI is InChI=1S/C30H32N2O6/c33-28(22-6-12-25(13-7-22)37-20-21-4-2-1-3-5-21)31-18-19-32-29(34)23-8-14-26(15-9-23)38-27-16-10-24(11-17-27)30(35)36/h1-9,12-15,24,27H,10-11,16-20H2,(H,31,33)(H,32,34)(H,35,36)/t24-,27+. The first-order valence-electron chi connectivity index (χ1n) is 12.8. The molecule has 0 heterocycles. The molecule has 0 bridgehead atoms. The number of benzene rings is 3. The normalized spacial score (nSPS) is 16.7. The summed E-state index contributed by atoms with van der Waals surface area (Å²) < 4.78 is 11.7. The van der Waals surface area contributed by atoms with Gasteiger partial charge in [-0.2, -0.15) is 0 Å². The molecule has 0 atom stereocenters. The molecule has 3 N–H and O–H groups in total. The molecule has 1 saturated carbocycles. The Morgan fingerprint density at radius 3 is 1.76 bits per heavy atom. The number of hydrogen-bond donors (Lipinski definition) is 3. The summed E-state index contributed by atoms with van der Waals surface area (Å²) in [4.78, 5) is 35.9. The molecule has 0 aliphatic heterocycles. The fourth-order valence-electron chi connectivity index (χ4n) is 4.30. The van der Waals surface area contributed by atoms with Gasteiger partial charge in [0.05, 0.1) is 12.0 Å². The number of carbonyl (C=O) groups is 3. The molecule has 1 aliphatic rings. The zero-order valence-corrected chi connectivity index (χ0v) is 21.1. The summed E-state index contributed by atoms with van der Waals surface area (Å²) in [5, 5.41) is 14.7. The zero-order valence-electron chi connectivity index (χ0n) is 21.1. The third-order valence-electron chi connectivity index (χ3n) is 6.50. The Morgan fingerprint density at radius 1 is 0.711 bits per heavy atom. The van der Waals surface area contributed by atoms with E-state index in [1.54, 1.807) is 48.5 Å². The monoisotopic (exact) mass is 516 g/mol. The molecule has 4 rings (SSSR count). The van der Waals surface area contributed by atoms with Crippen molar-refractivity contribution in [3.05, 3.63) is 95.6 Å². The van der Waals surface area contributed by atoms with Crippen LogP contribution < -0.4 is 20.1 Å². The van der Waals surface area contributed by atoms with E-state index in [1.807, 2.05) is 30.3 Å². The van der Waals surface area contributed by atoms with E-state index in [0.29, 0.717) is 54.9 Å². The van der Waals surface area contributed by atoms with Crippen LogP contribution in [0.2, 0.25) is 0 Å². The smallest absolute Gasteiger partial charge is 0.306 e. The first-order chi connectivity index (χ1) is 18.5. The molecule has 0 aromatic heterocycles. The van der Waals surface area contributed by atoms with E-state index in [1.165, 1.54) is 0 Å². The van der Waals surface area contributed by atoms with Crippen LogP contribution in [0.3, 0.4) is 0 Å². The minimum atomic E-state index is -0.739. The molecule has 1 fully saturated rings. The number of carboxylic acids is 1. The molecular weight excluding hydrogens is 484 g/mol. The maximum atomic E-state index is 12.4. The molecular formula is C30H32N2O6. The summed E-state index contributed by atoms with van der Waals surface area (Å²) in [7, 11) is 0. The van der Waals surface area contributed by atoms with Crippen molar-refractivity contribution in [1.29, 1.82) is 0 Å². The minimum absolute atomic E-state index is 0.00749. The molecule has 8 nitrogen and oxygen atoms in total. The van der Waals surface area contributed by atoms with Crippen molar-refractivity contribution in [3.8, 4) is 11.5 Å². The lowest BCUT2D eigenvalue weighted by molar-refractivity contribution is -0.143. The van der Waals surface area contributed by atoms with E-state index in [9.17, 15) is 14.4 Å². The molecule has 0 spiro atoms. The summed E-state index contributed by atoms with van der Waals surface area (Å²) in [5.41, 5.74) is 2.07. The van der Waals surface area contributed by atoms with Gasteiger partial charge in [0.1, 0.15) is 18.1 Å². The summed E-state index contributed by atoms with van der Waals surface area (Å²) in [6.07, 6.45) is 2.64. The first-order valence-corrected chi connectivity index (χ1v) is 12.8. The molecule has 8 heteroatoms. The molecule has 0 radical (unpaired) electrons. The molecule has 0 saturated heterocycles. The van der Waals surface area contributed by atoms with Gasteiger partial charge in [0.25, 0.3) is 11.8 Å². The van der Waals surface area contributed by atoms with Gasteiger partial charge in [0.2, 0.25) is 0 Å². The summed E-state index contributed by atoms with van der Waals surface area (Å²) in [6.45, 7) is 1.03. The van der Waals surface area contributed by atoms with Crippen molar-refractivity contribution >= 4 is 17.8 Å². The highest BCUT2D eigenvalue weighted by Crippen LogP contribution is 2.28. The second-order valence-electron chi connectivity index (χ2n) is 9.26. The van der Waals surface area contributed by atoms with Gasteiger partial charge in [0.15, 0.2) is 0 Å². The van der Waals surface area contributed by atoms with Crippen LogP contribution in [0.15, 0.2) is 78.9 Å². The van der Waals surface area contributed by atoms with Crippen LogP contribution in [0.25, 0.3) is 0 Å². The van der Waals surface area contributed by atoms with Crippen molar-refractivity contribution in [2.75, 3.05) is 13.1 Å². The topological polar surface area (TPSA) is 114 Å². The van der Waals surface area contributed by atoms with Gasteiger partial charge < -0.3 is 25.2 Å². The summed E-state index contributed by atoms with van der Waals surface area (Å²) in [5.74, 6) is -0.155. The second kappa shape index (κ2) is 13.3. The lowest BCUT2D eigenvalue weighted by atomic mass is 9.87. The number of carbonyl (C=O) groups excluding carboxylic acids is 2. The van der Waals surface area contributed by atoms with E-state index in [2.05, 4.69) is 10.6 Å². The van der Waals surface area contributed by atoms with Crippen LogP contribution in [0.5, 0.6) is 11.5 Å². The lowest BCUT2D eigenvalue weighted by Crippen LogP contribution is -2.34. The molecule has 38 heavy (non-hydrogen) atoms. The number of hydrogen-bond acceptors (Lipinski definition) is 5. The highest BCUT2D eigenvalue weighted by atomic mass is 16.5. The Labute approximate surface area is 222 Å². The van der Waals surface area contributed by atoms with Crippen LogP contribution in [0.1, 0.15) is 52.0 Å². The SMILES string of the molecule is O=C(NCCNC(=O)c1ccc(O[C@H]2CC[C@@H](C(=O)O)CC2)cc1)c1ccc(OCc2ccccc2)cc1. The van der Waals surface area contributed by atoms with E-state index >= 15 is 0 Å². The van der Waals surface area contributed by atoms with Crippen LogP contribution in [-0.4, -0.2) is 42.1 Å². The van der Waals surface area contributed by atoms with E-state index in [0.717, 1.165) is 5.56 Å². The number of amides is 2. The number of carboxylic acid groups (broad SMARTS) is 1. The lowest BCUT2D eigenvalue weighted by Gasteiger charge is -2.26. The van der Waals surface area contributed by atoms with Gasteiger partial charge in [-0.05, 0) is 79.8 Å². The Balaban J connectivity index is 1.14. The van der Waals surface area contributed by atoms with E-state index in [-0.39, 0.29) is 36.9 Å². The molecule has 198 valence electrons. The zero-order chi connectivity index (χ0) is 26.7. The highest BCUT2D eigenvalue weighted by Gasteiger charge is 2.26. The second-order valence-corrected chi connectivity index (χ2v) is 9.26. The molecule has 2 amide bonds. The number of ether oxygens (including phenoxy) is 2. The maximum absolute atomic E-state index is 12.4. The summed E-state index contributed by atoms with van der Waals surface area (Å²) >= 11 is 0. The third-order valence-corrected chi connectivity index (χ3v) is 6.50. The molecule has 0 unspecified atom stereocenters. The minimum Gasteiger partial charge on any atom is -0.490 e. The van der Waals surface area contributed by atoms with Gasteiger partial charge >= 0.3 is 5.97 Å². The Bertz CT molecular complexity index is 1200. The third kappa shape index (κ3) is 7.83. The average Bonchev–Trinajstić information content (AvgIpc) is 2.95. The van der Waals surface area contributed by atoms with Crippen LogP contribution in [-0.2, 0) is 11.4 Å². The fourth-order valence-corrected chi connectivity index (χ4v) is 4.30. The Kier molecular flexibility index (Phi) is 9.34. The van der Waals surface area contributed by atoms with Crippen molar-refractivity contribution in [1.82, 2.24) is 10.6 Å². The van der Waals surface area contributed by atoms with Crippen molar-refractivity contribution in [3.63, 3.8) is 0 Å². The van der Waals surface area contributed by atoms with Gasteiger partial charge in [-0.25, -0.2) is 0 Å². The summed E-state index contributed by atoms with van der Waals surface area (Å²) in [6, 6.07) is 23.6. The van der Waals surface area contributed by atoms with Crippen molar-refractivity contribution < 1.29 is 29.0 Å². The van der Waals surface area contributed by atoms with Crippen LogP contribution >= 0.6 is 0 Å². The average molecular weight is 517 g/mol. The van der Waals surface area contributed by atoms with E-state index in [4.69, 9.17) is 14.6 Å². The van der Waals surface area contributed by atoms with Crippen LogP contribution in [0.4, 0.5) is 0 Å². The highest BCUT2D eigenvalue weighted by molar-refractivity contribution is 5.95. The predicted molar refractivity (Wildman–Crippen MR) is 142 cm³/mol. The largest absolute Gasteiger partial charge is 0.490 e. The predicted octanol–water partition coefficient (Wildman–Crippen LogP) is 4.45. The van der Waals surface area contributed by atoms with Gasteiger partial charge in [0, 0.05) is 24.2 Å². The Morgan fingerprint density at radius 2 is 1.24 bits per heavy atom. The van der Waals surface area contributed by atoms with Gasteiger partial charge in [-0.3, -0.25) is 14.4 Å². The molecule has 3 aromatic carbocycles.